The largest absolute Gasteiger partial charge is 0.493 e. The molecule has 4 aromatic rings. The van der Waals surface area contributed by atoms with E-state index in [9.17, 15) is 4.79 Å². The normalized spacial score (nSPS) is 10.9. The van der Waals surface area contributed by atoms with Crippen LogP contribution in [0.15, 0.2) is 64.4 Å². The SMILES string of the molecule is COc1cccc2cc(-c3csc(NC(=O)CCc4ccccc4)n3)oc12. The molecule has 0 aliphatic heterocycles. The molecule has 136 valence electrons. The third-order valence-corrected chi connectivity index (χ3v) is 4.97. The zero-order valence-electron chi connectivity index (χ0n) is 14.8. The van der Waals surface area contributed by atoms with E-state index in [0.29, 0.717) is 40.8 Å². The quantitative estimate of drug-likeness (QED) is 0.505. The number of ether oxygens (including phenoxy) is 1. The number of fused-ring (bicyclic) bond motifs is 1. The number of rotatable bonds is 6. The van der Waals surface area contributed by atoms with Crippen molar-refractivity contribution in [3.63, 3.8) is 0 Å². The van der Waals surface area contributed by atoms with Crippen molar-refractivity contribution >= 4 is 33.3 Å². The van der Waals surface area contributed by atoms with Gasteiger partial charge >= 0.3 is 0 Å². The van der Waals surface area contributed by atoms with E-state index >= 15 is 0 Å². The van der Waals surface area contributed by atoms with Crippen molar-refractivity contribution in [2.75, 3.05) is 12.4 Å². The van der Waals surface area contributed by atoms with E-state index < -0.39 is 0 Å². The molecule has 0 aliphatic rings. The summed E-state index contributed by atoms with van der Waals surface area (Å²) in [6.45, 7) is 0. The molecular formula is C21H18N2O3S. The maximum absolute atomic E-state index is 12.2. The van der Waals surface area contributed by atoms with Gasteiger partial charge in [-0.2, -0.15) is 0 Å². The zero-order valence-corrected chi connectivity index (χ0v) is 15.6. The van der Waals surface area contributed by atoms with Crippen molar-refractivity contribution < 1.29 is 13.9 Å². The summed E-state index contributed by atoms with van der Waals surface area (Å²) < 4.78 is 11.2. The maximum Gasteiger partial charge on any atom is 0.226 e. The van der Waals surface area contributed by atoms with E-state index in [1.807, 2.05) is 60.0 Å². The van der Waals surface area contributed by atoms with Crippen LogP contribution in [0.4, 0.5) is 5.13 Å². The first-order chi connectivity index (χ1) is 13.2. The van der Waals surface area contributed by atoms with Gasteiger partial charge in [0.15, 0.2) is 22.2 Å². The van der Waals surface area contributed by atoms with Crippen LogP contribution in [0.2, 0.25) is 0 Å². The Hall–Kier alpha value is -3.12. The molecule has 0 saturated heterocycles. The van der Waals surface area contributed by atoms with E-state index in [-0.39, 0.29) is 5.91 Å². The van der Waals surface area contributed by atoms with E-state index in [1.54, 1.807) is 7.11 Å². The Bertz CT molecular complexity index is 1070. The number of para-hydroxylation sites is 1. The first-order valence-electron chi connectivity index (χ1n) is 8.59. The molecule has 1 amide bonds. The Labute approximate surface area is 160 Å². The molecule has 0 fully saturated rings. The number of hydrogen-bond donors (Lipinski definition) is 1. The smallest absolute Gasteiger partial charge is 0.226 e. The fourth-order valence-corrected chi connectivity index (χ4v) is 3.57. The van der Waals surface area contributed by atoms with Crippen LogP contribution in [0.25, 0.3) is 22.4 Å². The molecule has 6 heteroatoms. The Morgan fingerprint density at radius 1 is 1.19 bits per heavy atom. The van der Waals surface area contributed by atoms with Crippen molar-refractivity contribution in [3.05, 3.63) is 65.5 Å². The number of carbonyl (C=O) groups is 1. The van der Waals surface area contributed by atoms with Gasteiger partial charge in [0.1, 0.15) is 5.69 Å². The number of nitrogens with zero attached hydrogens (tertiary/aromatic N) is 1. The van der Waals surface area contributed by atoms with Gasteiger partial charge in [-0.1, -0.05) is 42.5 Å². The maximum atomic E-state index is 12.2. The summed E-state index contributed by atoms with van der Waals surface area (Å²) in [6.07, 6.45) is 1.12. The van der Waals surface area contributed by atoms with Gasteiger partial charge in [0.2, 0.25) is 5.91 Å². The Morgan fingerprint density at radius 3 is 2.85 bits per heavy atom. The number of thiazole rings is 1. The molecular weight excluding hydrogens is 360 g/mol. The van der Waals surface area contributed by atoms with Gasteiger partial charge < -0.3 is 14.5 Å². The fourth-order valence-electron chi connectivity index (χ4n) is 2.85. The minimum Gasteiger partial charge on any atom is -0.493 e. The monoisotopic (exact) mass is 378 g/mol. The first-order valence-corrected chi connectivity index (χ1v) is 9.47. The second-order valence-corrected chi connectivity index (χ2v) is 6.92. The van der Waals surface area contributed by atoms with Crippen molar-refractivity contribution in [2.45, 2.75) is 12.8 Å². The number of benzene rings is 2. The number of aryl methyl sites for hydroxylation is 1. The summed E-state index contributed by atoms with van der Waals surface area (Å²) in [7, 11) is 1.61. The lowest BCUT2D eigenvalue weighted by Crippen LogP contribution is -2.12. The number of hydrogen-bond acceptors (Lipinski definition) is 5. The molecule has 0 spiro atoms. The number of anilines is 1. The number of nitrogens with one attached hydrogen (secondary N) is 1. The van der Waals surface area contributed by atoms with E-state index in [0.717, 1.165) is 10.9 Å². The molecule has 0 saturated carbocycles. The van der Waals surface area contributed by atoms with E-state index in [2.05, 4.69) is 10.3 Å². The van der Waals surface area contributed by atoms with Crippen molar-refractivity contribution in [3.8, 4) is 17.2 Å². The molecule has 2 heterocycles. The molecule has 27 heavy (non-hydrogen) atoms. The number of furan rings is 1. The van der Waals surface area contributed by atoms with Crippen LogP contribution in [0.5, 0.6) is 5.75 Å². The van der Waals surface area contributed by atoms with Gasteiger partial charge in [-0.3, -0.25) is 4.79 Å². The van der Waals surface area contributed by atoms with Crippen molar-refractivity contribution in [1.82, 2.24) is 4.98 Å². The minimum absolute atomic E-state index is 0.0500. The molecule has 2 aromatic carbocycles. The van der Waals surface area contributed by atoms with E-state index in [1.165, 1.54) is 11.3 Å². The first kappa shape index (κ1) is 17.3. The molecule has 0 aliphatic carbocycles. The molecule has 0 atom stereocenters. The van der Waals surface area contributed by atoms with Crippen molar-refractivity contribution in [1.29, 1.82) is 0 Å². The molecule has 0 unspecified atom stereocenters. The van der Waals surface area contributed by atoms with Crippen LogP contribution in [0.3, 0.4) is 0 Å². The number of carbonyl (C=O) groups excluding carboxylic acids is 1. The van der Waals surface area contributed by atoms with Crippen LogP contribution in [-0.4, -0.2) is 18.0 Å². The molecule has 4 rings (SSSR count). The lowest BCUT2D eigenvalue weighted by molar-refractivity contribution is -0.116. The van der Waals surface area contributed by atoms with Crippen molar-refractivity contribution in [2.24, 2.45) is 0 Å². The van der Waals surface area contributed by atoms with E-state index in [4.69, 9.17) is 9.15 Å². The molecule has 2 aromatic heterocycles. The molecule has 0 bridgehead atoms. The lowest BCUT2D eigenvalue weighted by Gasteiger charge is -2.02. The van der Waals surface area contributed by atoms with Gasteiger partial charge in [0.25, 0.3) is 0 Å². The summed E-state index contributed by atoms with van der Waals surface area (Å²) in [5.41, 5.74) is 2.52. The third-order valence-electron chi connectivity index (χ3n) is 4.21. The van der Waals surface area contributed by atoms with Gasteiger partial charge in [-0.15, -0.1) is 11.3 Å². The fraction of sp³-hybridized carbons (Fsp3) is 0.143. The van der Waals surface area contributed by atoms with Gasteiger partial charge in [0, 0.05) is 17.2 Å². The summed E-state index contributed by atoms with van der Waals surface area (Å²) in [4.78, 5) is 16.6. The number of methoxy groups -OCH3 is 1. The molecule has 0 radical (unpaired) electrons. The van der Waals surface area contributed by atoms with Crippen LogP contribution in [-0.2, 0) is 11.2 Å². The predicted octanol–water partition coefficient (Wildman–Crippen LogP) is 5.14. The summed E-state index contributed by atoms with van der Waals surface area (Å²) >= 11 is 1.38. The highest BCUT2D eigenvalue weighted by atomic mass is 32.1. The molecule has 1 N–H and O–H groups in total. The van der Waals surface area contributed by atoms with Gasteiger partial charge in [0.05, 0.1) is 7.11 Å². The topological polar surface area (TPSA) is 64.4 Å². The average molecular weight is 378 g/mol. The van der Waals surface area contributed by atoms with Crippen LogP contribution in [0.1, 0.15) is 12.0 Å². The highest BCUT2D eigenvalue weighted by Crippen LogP contribution is 2.34. The predicted molar refractivity (Wildman–Crippen MR) is 107 cm³/mol. The number of amides is 1. The summed E-state index contributed by atoms with van der Waals surface area (Å²) in [5.74, 6) is 1.28. The second kappa shape index (κ2) is 7.63. The minimum atomic E-state index is -0.0500. The van der Waals surface area contributed by atoms with Crippen LogP contribution in [0, 0.1) is 0 Å². The van der Waals surface area contributed by atoms with Gasteiger partial charge in [-0.05, 0) is 24.1 Å². The third kappa shape index (κ3) is 3.85. The zero-order chi connectivity index (χ0) is 18.6. The Kier molecular flexibility index (Phi) is 4.89. The standard InChI is InChI=1S/C21H18N2O3S/c1-25-17-9-5-8-15-12-18(26-20(15)17)16-13-27-21(22-16)23-19(24)11-10-14-6-3-2-4-7-14/h2-9,12-13H,10-11H2,1H3,(H,22,23,24). The highest BCUT2D eigenvalue weighted by Gasteiger charge is 2.14. The summed E-state index contributed by atoms with van der Waals surface area (Å²) in [5, 5.41) is 6.25. The van der Waals surface area contributed by atoms with Crippen LogP contribution < -0.4 is 10.1 Å². The highest BCUT2D eigenvalue weighted by molar-refractivity contribution is 7.14. The summed E-state index contributed by atoms with van der Waals surface area (Å²) in [6, 6.07) is 17.6. The average Bonchev–Trinajstić information content (AvgIpc) is 3.33. The van der Waals surface area contributed by atoms with Crippen LogP contribution >= 0.6 is 11.3 Å². The lowest BCUT2D eigenvalue weighted by atomic mass is 10.1. The van der Waals surface area contributed by atoms with Gasteiger partial charge in [-0.25, -0.2) is 4.98 Å². The molecule has 5 nitrogen and oxygen atoms in total. The number of aromatic nitrogens is 1. The Morgan fingerprint density at radius 2 is 2.04 bits per heavy atom. The second-order valence-electron chi connectivity index (χ2n) is 6.06. The Balaban J connectivity index is 1.45.